The lowest BCUT2D eigenvalue weighted by atomic mass is 10.1. The van der Waals surface area contributed by atoms with Gasteiger partial charge in [-0.2, -0.15) is 18.2 Å². The van der Waals surface area contributed by atoms with E-state index in [1.807, 2.05) is 0 Å². The zero-order valence-corrected chi connectivity index (χ0v) is 6.67. The predicted molar refractivity (Wildman–Crippen MR) is 40.9 cm³/mol. The number of rotatable bonds is 1. The highest BCUT2D eigenvalue weighted by molar-refractivity contribution is 5.60. The molecule has 0 unspecified atom stereocenters. The fourth-order valence-electron chi connectivity index (χ4n) is 0.899. The van der Waals surface area contributed by atoms with E-state index in [9.17, 15) is 18.0 Å². The summed E-state index contributed by atoms with van der Waals surface area (Å²) < 4.78 is 36.5. The van der Waals surface area contributed by atoms with Gasteiger partial charge in [0.1, 0.15) is 5.69 Å². The van der Waals surface area contributed by atoms with Gasteiger partial charge in [0.2, 0.25) is 6.08 Å². The summed E-state index contributed by atoms with van der Waals surface area (Å²) in [4.78, 5) is 12.7. The van der Waals surface area contributed by atoms with Crippen LogP contribution in [0.5, 0.6) is 5.75 Å². The molecule has 0 radical (unpaired) electrons. The molecular weight excluding hydrogens is 199 g/mol. The maximum atomic E-state index is 12.2. The zero-order valence-electron chi connectivity index (χ0n) is 6.67. The van der Waals surface area contributed by atoms with Crippen LogP contribution in [-0.2, 0) is 11.0 Å². The maximum absolute atomic E-state index is 12.2. The summed E-state index contributed by atoms with van der Waals surface area (Å²) in [5.41, 5.74) is -1.68. The Morgan fingerprint density at radius 3 is 2.50 bits per heavy atom. The first-order valence-electron chi connectivity index (χ1n) is 3.44. The molecule has 0 saturated heterocycles. The lowest BCUT2D eigenvalue weighted by Gasteiger charge is -2.08. The van der Waals surface area contributed by atoms with Gasteiger partial charge in [-0.05, 0) is 12.1 Å². The van der Waals surface area contributed by atoms with Gasteiger partial charge in [0.15, 0.2) is 5.75 Å². The van der Waals surface area contributed by atoms with Gasteiger partial charge >= 0.3 is 6.18 Å². The highest BCUT2D eigenvalue weighted by atomic mass is 19.4. The fraction of sp³-hybridized carbons (Fsp3) is 0.125. The molecular formula is C8H4F3NO2. The van der Waals surface area contributed by atoms with Gasteiger partial charge in [-0.25, -0.2) is 4.79 Å². The number of alkyl halides is 3. The van der Waals surface area contributed by atoms with Crippen molar-refractivity contribution in [3.63, 3.8) is 0 Å². The van der Waals surface area contributed by atoms with E-state index in [1.54, 1.807) is 0 Å². The molecule has 1 N–H and O–H groups in total. The topological polar surface area (TPSA) is 49.7 Å². The van der Waals surface area contributed by atoms with E-state index < -0.39 is 23.2 Å². The lowest BCUT2D eigenvalue weighted by Crippen LogP contribution is -2.04. The molecule has 14 heavy (non-hydrogen) atoms. The Bertz CT molecular complexity index is 394. The van der Waals surface area contributed by atoms with Crippen molar-refractivity contribution in [3.05, 3.63) is 23.8 Å². The molecule has 0 amide bonds. The Kier molecular flexibility index (Phi) is 2.58. The molecule has 0 heterocycles. The number of para-hydroxylation sites is 1. The molecule has 0 spiro atoms. The third kappa shape index (κ3) is 1.92. The number of carbonyl (C=O) groups excluding carboxylic acids is 1. The van der Waals surface area contributed by atoms with Gasteiger partial charge in [-0.1, -0.05) is 6.07 Å². The summed E-state index contributed by atoms with van der Waals surface area (Å²) in [5.74, 6) is -1.07. The Morgan fingerprint density at radius 1 is 1.36 bits per heavy atom. The molecule has 0 aliphatic rings. The number of hydrogen-bond donors (Lipinski definition) is 1. The van der Waals surface area contributed by atoms with Crippen molar-refractivity contribution in [2.24, 2.45) is 4.99 Å². The molecule has 0 aliphatic heterocycles. The van der Waals surface area contributed by atoms with E-state index in [2.05, 4.69) is 4.99 Å². The molecule has 0 aromatic heterocycles. The second kappa shape index (κ2) is 3.51. The number of phenols is 1. The number of nitrogens with zero attached hydrogens (tertiary/aromatic N) is 1. The van der Waals surface area contributed by atoms with Gasteiger partial charge in [0.25, 0.3) is 0 Å². The van der Waals surface area contributed by atoms with E-state index in [-0.39, 0.29) is 0 Å². The minimum atomic E-state index is -4.67. The van der Waals surface area contributed by atoms with Crippen molar-refractivity contribution >= 4 is 11.8 Å². The minimum Gasteiger partial charge on any atom is -0.505 e. The molecule has 0 aliphatic carbocycles. The van der Waals surface area contributed by atoms with E-state index >= 15 is 0 Å². The van der Waals surface area contributed by atoms with Crippen LogP contribution in [0.15, 0.2) is 23.2 Å². The first-order valence-corrected chi connectivity index (χ1v) is 3.44. The highest BCUT2D eigenvalue weighted by Gasteiger charge is 2.34. The number of benzene rings is 1. The van der Waals surface area contributed by atoms with Crippen LogP contribution in [0.2, 0.25) is 0 Å². The van der Waals surface area contributed by atoms with Crippen LogP contribution in [-0.4, -0.2) is 11.2 Å². The largest absolute Gasteiger partial charge is 0.505 e. The fourth-order valence-corrected chi connectivity index (χ4v) is 0.899. The summed E-state index contributed by atoms with van der Waals surface area (Å²) in [5, 5.41) is 9.06. The van der Waals surface area contributed by atoms with Crippen molar-refractivity contribution in [1.82, 2.24) is 0 Å². The van der Waals surface area contributed by atoms with Crippen molar-refractivity contribution in [1.29, 1.82) is 0 Å². The third-order valence-electron chi connectivity index (χ3n) is 1.49. The van der Waals surface area contributed by atoms with Crippen molar-refractivity contribution in [2.75, 3.05) is 0 Å². The number of aromatic hydroxyl groups is 1. The first kappa shape index (κ1) is 10.3. The molecule has 74 valence electrons. The molecule has 0 fully saturated rings. The van der Waals surface area contributed by atoms with Gasteiger partial charge in [-0.3, -0.25) is 0 Å². The van der Waals surface area contributed by atoms with E-state index in [4.69, 9.17) is 5.11 Å². The van der Waals surface area contributed by atoms with Crippen LogP contribution >= 0.6 is 0 Å². The highest BCUT2D eigenvalue weighted by Crippen LogP contribution is 2.40. The van der Waals surface area contributed by atoms with E-state index in [0.29, 0.717) is 6.07 Å². The minimum absolute atomic E-state index is 0.449. The second-order valence-corrected chi connectivity index (χ2v) is 2.37. The maximum Gasteiger partial charge on any atom is 0.420 e. The Balaban J connectivity index is 3.34. The van der Waals surface area contributed by atoms with Gasteiger partial charge in [0, 0.05) is 0 Å². The molecule has 0 atom stereocenters. The third-order valence-corrected chi connectivity index (χ3v) is 1.49. The lowest BCUT2D eigenvalue weighted by molar-refractivity contribution is -0.138. The van der Waals surface area contributed by atoms with Crippen LogP contribution < -0.4 is 0 Å². The molecule has 3 nitrogen and oxygen atoms in total. The van der Waals surface area contributed by atoms with Crippen LogP contribution in [0.1, 0.15) is 5.56 Å². The number of hydrogen-bond acceptors (Lipinski definition) is 3. The van der Waals surface area contributed by atoms with Crippen molar-refractivity contribution < 1.29 is 23.1 Å². The molecule has 1 rings (SSSR count). The number of phenolic OH excluding ortho intramolecular Hbond substituents is 1. The van der Waals surface area contributed by atoms with Gasteiger partial charge in [0.05, 0.1) is 5.56 Å². The average Bonchev–Trinajstić information content (AvgIpc) is 2.07. The predicted octanol–water partition coefficient (Wildman–Crippen LogP) is 2.38. The van der Waals surface area contributed by atoms with Crippen LogP contribution in [0, 0.1) is 0 Å². The zero-order chi connectivity index (χ0) is 10.8. The molecule has 0 saturated carbocycles. The Morgan fingerprint density at radius 2 is 2.00 bits per heavy atom. The number of aliphatic imine (C=N–C) groups is 1. The normalized spacial score (nSPS) is 10.8. The van der Waals surface area contributed by atoms with Crippen LogP contribution in [0.25, 0.3) is 0 Å². The summed E-state index contributed by atoms with van der Waals surface area (Å²) in [7, 11) is 0. The number of halogens is 3. The van der Waals surface area contributed by atoms with Crippen molar-refractivity contribution in [3.8, 4) is 5.75 Å². The Hall–Kier alpha value is -1.81. The van der Waals surface area contributed by atoms with Gasteiger partial charge < -0.3 is 5.11 Å². The number of isocyanates is 1. The summed E-state index contributed by atoms with van der Waals surface area (Å²) in [6, 6.07) is 2.81. The molecule has 1 aromatic rings. The Labute approximate surface area is 76.5 Å². The summed E-state index contributed by atoms with van der Waals surface area (Å²) in [6.07, 6.45) is -3.62. The summed E-state index contributed by atoms with van der Waals surface area (Å²) >= 11 is 0. The smallest absolute Gasteiger partial charge is 0.420 e. The molecule has 6 heteroatoms. The standard InChI is InChI=1S/C8H4F3NO2/c9-8(10,11)5-2-1-3-6(7(5)14)12-4-13/h1-3,14H. The van der Waals surface area contributed by atoms with E-state index in [0.717, 1.165) is 18.2 Å². The first-order chi connectivity index (χ1) is 6.46. The second-order valence-electron chi connectivity index (χ2n) is 2.37. The van der Waals surface area contributed by atoms with Crippen LogP contribution in [0.3, 0.4) is 0 Å². The van der Waals surface area contributed by atoms with Gasteiger partial charge in [-0.15, -0.1) is 0 Å². The molecule has 0 bridgehead atoms. The summed E-state index contributed by atoms with van der Waals surface area (Å²) in [6.45, 7) is 0. The monoisotopic (exact) mass is 203 g/mol. The van der Waals surface area contributed by atoms with E-state index in [1.165, 1.54) is 0 Å². The van der Waals surface area contributed by atoms with Crippen LogP contribution in [0.4, 0.5) is 18.9 Å². The average molecular weight is 203 g/mol. The SMILES string of the molecule is O=C=Nc1cccc(C(F)(F)F)c1O. The molecule has 1 aromatic carbocycles. The van der Waals surface area contributed by atoms with Crippen molar-refractivity contribution in [2.45, 2.75) is 6.18 Å². The quantitative estimate of drug-likeness (QED) is 0.562.